The van der Waals surface area contributed by atoms with Crippen molar-refractivity contribution in [1.82, 2.24) is 9.88 Å². The van der Waals surface area contributed by atoms with Gasteiger partial charge in [-0.3, -0.25) is 14.7 Å². The maximum absolute atomic E-state index is 12.0. The number of pyridine rings is 1. The van der Waals surface area contributed by atoms with Gasteiger partial charge in [0.25, 0.3) is 0 Å². The predicted octanol–water partition coefficient (Wildman–Crippen LogP) is 2.77. The lowest BCUT2D eigenvalue weighted by molar-refractivity contribution is 0.0947. The van der Waals surface area contributed by atoms with E-state index in [1.54, 1.807) is 17.5 Å². The molecule has 0 spiro atoms. The molecule has 2 heterocycles. The van der Waals surface area contributed by atoms with Gasteiger partial charge in [0, 0.05) is 23.8 Å². The third-order valence-electron chi connectivity index (χ3n) is 2.60. The molecule has 4 heteroatoms. The van der Waals surface area contributed by atoms with Gasteiger partial charge in [0.2, 0.25) is 0 Å². The summed E-state index contributed by atoms with van der Waals surface area (Å²) in [7, 11) is 1.95. The van der Waals surface area contributed by atoms with Gasteiger partial charge in [-0.2, -0.15) is 0 Å². The van der Waals surface area contributed by atoms with E-state index in [2.05, 4.69) is 4.98 Å². The van der Waals surface area contributed by atoms with Crippen molar-refractivity contribution in [1.29, 1.82) is 0 Å². The lowest BCUT2D eigenvalue weighted by atomic mass is 10.2. The van der Waals surface area contributed by atoms with Crippen molar-refractivity contribution < 1.29 is 4.79 Å². The van der Waals surface area contributed by atoms with Gasteiger partial charge in [0.05, 0.1) is 11.4 Å². The molecule has 94 valence electrons. The Morgan fingerprint density at radius 2 is 2.22 bits per heavy atom. The van der Waals surface area contributed by atoms with Gasteiger partial charge in [0.1, 0.15) is 0 Å². The van der Waals surface area contributed by atoms with Crippen LogP contribution in [0.5, 0.6) is 0 Å². The first-order valence-corrected chi connectivity index (χ1v) is 6.64. The Balaban J connectivity index is 1.92. The Morgan fingerprint density at radius 1 is 1.39 bits per heavy atom. The summed E-state index contributed by atoms with van der Waals surface area (Å²) in [5, 5.41) is 0. The Labute approximate surface area is 111 Å². The molecule has 0 saturated carbocycles. The molecule has 0 bridgehead atoms. The molecule has 0 amide bonds. The normalized spacial score (nSPS) is 10.8. The maximum atomic E-state index is 12.0. The van der Waals surface area contributed by atoms with Gasteiger partial charge in [-0.25, -0.2) is 0 Å². The summed E-state index contributed by atoms with van der Waals surface area (Å²) in [6.07, 6.45) is 3.58. The maximum Gasteiger partial charge on any atom is 0.186 e. The molecule has 2 rings (SSSR count). The molecular formula is C14H16N2OS. The summed E-state index contributed by atoms with van der Waals surface area (Å²) in [5.74, 6) is 0.180. The van der Waals surface area contributed by atoms with E-state index < -0.39 is 0 Å². The molecule has 0 unspecified atom stereocenters. The van der Waals surface area contributed by atoms with Crippen molar-refractivity contribution in [2.24, 2.45) is 0 Å². The topological polar surface area (TPSA) is 33.2 Å². The number of aryl methyl sites for hydroxylation is 1. The largest absolute Gasteiger partial charge is 0.294 e. The molecule has 2 aromatic heterocycles. The fourth-order valence-electron chi connectivity index (χ4n) is 1.77. The zero-order valence-electron chi connectivity index (χ0n) is 10.6. The zero-order valence-corrected chi connectivity index (χ0v) is 11.4. The third kappa shape index (κ3) is 3.48. The van der Waals surface area contributed by atoms with Crippen molar-refractivity contribution in [2.45, 2.75) is 13.5 Å². The van der Waals surface area contributed by atoms with E-state index in [0.717, 1.165) is 17.0 Å². The van der Waals surface area contributed by atoms with Gasteiger partial charge >= 0.3 is 0 Å². The smallest absolute Gasteiger partial charge is 0.186 e. The highest BCUT2D eigenvalue weighted by atomic mass is 32.1. The minimum Gasteiger partial charge on any atom is -0.294 e. The molecule has 0 aliphatic rings. The molecule has 2 aromatic rings. The van der Waals surface area contributed by atoms with Gasteiger partial charge < -0.3 is 0 Å². The van der Waals surface area contributed by atoms with E-state index in [1.165, 1.54) is 4.88 Å². The summed E-state index contributed by atoms with van der Waals surface area (Å²) in [4.78, 5) is 20.1. The molecule has 0 aromatic carbocycles. The molecule has 3 nitrogen and oxygen atoms in total. The van der Waals surface area contributed by atoms with Gasteiger partial charge in [-0.1, -0.05) is 6.07 Å². The summed E-state index contributed by atoms with van der Waals surface area (Å²) in [6, 6.07) is 7.82. The number of likely N-dealkylation sites (N-methyl/N-ethyl adjacent to an activating group) is 1. The number of carbonyl (C=O) groups is 1. The fourth-order valence-corrected chi connectivity index (χ4v) is 2.56. The second-order valence-corrected chi connectivity index (χ2v) is 5.65. The van der Waals surface area contributed by atoms with E-state index >= 15 is 0 Å². The van der Waals surface area contributed by atoms with Gasteiger partial charge in [-0.05, 0) is 37.7 Å². The molecule has 0 aliphatic heterocycles. The minimum absolute atomic E-state index is 0.180. The van der Waals surface area contributed by atoms with Crippen LogP contribution in [0.3, 0.4) is 0 Å². The van der Waals surface area contributed by atoms with Crippen molar-refractivity contribution in [3.63, 3.8) is 0 Å². The van der Waals surface area contributed by atoms with Crippen LogP contribution >= 0.6 is 11.3 Å². The standard InChI is InChI=1S/C14H16N2OS/c1-11-5-6-14(18-11)13(17)10-16(2)9-12-4-3-7-15-8-12/h3-8H,9-10H2,1-2H3. The van der Waals surface area contributed by atoms with E-state index in [-0.39, 0.29) is 5.78 Å². The fraction of sp³-hybridized carbons (Fsp3) is 0.286. The van der Waals surface area contributed by atoms with Gasteiger partial charge in [0.15, 0.2) is 5.78 Å². The predicted molar refractivity (Wildman–Crippen MR) is 74.0 cm³/mol. The van der Waals surface area contributed by atoms with E-state index in [9.17, 15) is 4.79 Å². The van der Waals surface area contributed by atoms with Crippen LogP contribution in [0.15, 0.2) is 36.7 Å². The Hall–Kier alpha value is -1.52. The Bertz CT molecular complexity index is 522. The molecular weight excluding hydrogens is 244 g/mol. The number of ketones is 1. The average molecular weight is 260 g/mol. The Morgan fingerprint density at radius 3 is 2.83 bits per heavy atom. The first-order valence-electron chi connectivity index (χ1n) is 5.82. The van der Waals surface area contributed by atoms with E-state index in [1.807, 2.05) is 49.3 Å². The van der Waals surface area contributed by atoms with Crippen molar-refractivity contribution in [3.8, 4) is 0 Å². The highest BCUT2D eigenvalue weighted by Gasteiger charge is 2.11. The minimum atomic E-state index is 0.180. The highest BCUT2D eigenvalue weighted by Crippen LogP contribution is 2.16. The number of nitrogens with zero attached hydrogens (tertiary/aromatic N) is 2. The third-order valence-corrected chi connectivity index (χ3v) is 3.65. The molecule has 0 radical (unpaired) electrons. The molecule has 0 aliphatic carbocycles. The summed E-state index contributed by atoms with van der Waals surface area (Å²) in [5.41, 5.74) is 1.12. The number of aromatic nitrogens is 1. The van der Waals surface area contributed by atoms with Crippen LogP contribution in [0, 0.1) is 6.92 Å². The number of carbonyl (C=O) groups excluding carboxylic acids is 1. The van der Waals surface area contributed by atoms with Crippen molar-refractivity contribution in [2.75, 3.05) is 13.6 Å². The van der Waals surface area contributed by atoms with Crippen LogP contribution in [-0.2, 0) is 6.54 Å². The number of Topliss-reactive ketones (excluding diaryl/α,β-unsaturated/α-hetero) is 1. The van der Waals surface area contributed by atoms with Crippen molar-refractivity contribution >= 4 is 17.1 Å². The van der Waals surface area contributed by atoms with Gasteiger partial charge in [-0.15, -0.1) is 11.3 Å². The lowest BCUT2D eigenvalue weighted by Gasteiger charge is -2.14. The summed E-state index contributed by atoms with van der Waals surface area (Å²) in [6.45, 7) is 3.19. The van der Waals surface area contributed by atoms with Crippen LogP contribution in [0.1, 0.15) is 20.1 Å². The molecule has 0 N–H and O–H groups in total. The van der Waals surface area contributed by atoms with Crippen LogP contribution < -0.4 is 0 Å². The zero-order chi connectivity index (χ0) is 13.0. The number of hydrogen-bond acceptors (Lipinski definition) is 4. The highest BCUT2D eigenvalue weighted by molar-refractivity contribution is 7.14. The van der Waals surface area contributed by atoms with Crippen LogP contribution in [0.2, 0.25) is 0 Å². The van der Waals surface area contributed by atoms with Crippen LogP contribution in [0.4, 0.5) is 0 Å². The number of rotatable bonds is 5. The molecule has 0 saturated heterocycles. The SMILES string of the molecule is Cc1ccc(C(=O)CN(C)Cc2cccnc2)s1. The summed E-state index contributed by atoms with van der Waals surface area (Å²) >= 11 is 1.56. The quantitative estimate of drug-likeness (QED) is 0.775. The number of thiophene rings is 1. The Kier molecular flexibility index (Phi) is 4.23. The molecule has 0 atom stereocenters. The van der Waals surface area contributed by atoms with E-state index in [0.29, 0.717) is 6.54 Å². The molecule has 0 fully saturated rings. The monoisotopic (exact) mass is 260 g/mol. The number of hydrogen-bond donors (Lipinski definition) is 0. The summed E-state index contributed by atoms with van der Waals surface area (Å²) < 4.78 is 0. The first-order chi connectivity index (χ1) is 8.65. The van der Waals surface area contributed by atoms with E-state index in [4.69, 9.17) is 0 Å². The second kappa shape index (κ2) is 5.89. The molecule has 18 heavy (non-hydrogen) atoms. The lowest BCUT2D eigenvalue weighted by Crippen LogP contribution is -2.25. The first kappa shape index (κ1) is 12.9. The van der Waals surface area contributed by atoms with Crippen LogP contribution in [-0.4, -0.2) is 29.3 Å². The second-order valence-electron chi connectivity index (χ2n) is 4.37. The van der Waals surface area contributed by atoms with Crippen LogP contribution in [0.25, 0.3) is 0 Å². The average Bonchev–Trinajstić information content (AvgIpc) is 2.77. The van der Waals surface area contributed by atoms with Crippen molar-refractivity contribution in [3.05, 3.63) is 52.0 Å².